The minimum absolute atomic E-state index is 0.00571. The first-order valence-corrected chi connectivity index (χ1v) is 10.6. The summed E-state index contributed by atoms with van der Waals surface area (Å²) in [6.07, 6.45) is 4.83. The molecule has 1 fully saturated rings. The number of carbonyl (C=O) groups excluding carboxylic acids is 2. The number of carbonyl (C=O) groups is 2. The predicted molar refractivity (Wildman–Crippen MR) is 111 cm³/mol. The molecule has 28 heavy (non-hydrogen) atoms. The third kappa shape index (κ3) is 8.85. The zero-order chi connectivity index (χ0) is 20.0. The molecule has 2 amide bonds. The summed E-state index contributed by atoms with van der Waals surface area (Å²) in [6, 6.07) is 9.60. The van der Waals surface area contributed by atoms with Crippen LogP contribution in [-0.4, -0.2) is 74.1 Å². The summed E-state index contributed by atoms with van der Waals surface area (Å²) in [5.74, 6) is -0.107. The van der Waals surface area contributed by atoms with Crippen molar-refractivity contribution in [2.45, 2.75) is 39.0 Å². The lowest BCUT2D eigenvalue weighted by atomic mass is 10.1. The van der Waals surface area contributed by atoms with Gasteiger partial charge in [0, 0.05) is 32.7 Å². The number of ether oxygens (including phenoxy) is 1. The number of nitrogens with zero attached hydrogens (tertiary/aromatic N) is 2. The number of amides is 2. The van der Waals surface area contributed by atoms with Crippen LogP contribution in [0.3, 0.4) is 0 Å². The predicted octanol–water partition coefficient (Wildman–Crippen LogP) is 2.09. The molecule has 1 aliphatic heterocycles. The van der Waals surface area contributed by atoms with Crippen molar-refractivity contribution >= 4 is 11.8 Å². The van der Waals surface area contributed by atoms with E-state index in [2.05, 4.69) is 17.1 Å². The summed E-state index contributed by atoms with van der Waals surface area (Å²) in [5.41, 5.74) is 0.955. The molecule has 1 aromatic rings. The lowest BCUT2D eigenvalue weighted by molar-refractivity contribution is -0.133. The lowest BCUT2D eigenvalue weighted by Gasteiger charge is -2.30. The van der Waals surface area contributed by atoms with E-state index in [9.17, 15) is 9.59 Å². The number of hydrogen-bond acceptors (Lipinski definition) is 4. The summed E-state index contributed by atoms with van der Waals surface area (Å²) in [4.78, 5) is 29.1. The summed E-state index contributed by atoms with van der Waals surface area (Å²) in [5, 5.41) is 2.79. The van der Waals surface area contributed by atoms with Crippen LogP contribution in [0, 0.1) is 0 Å². The van der Waals surface area contributed by atoms with Gasteiger partial charge in [0.05, 0.1) is 26.2 Å². The monoisotopic (exact) mass is 389 g/mol. The largest absolute Gasteiger partial charge is 0.379 e. The highest BCUT2D eigenvalue weighted by atomic mass is 16.5. The van der Waals surface area contributed by atoms with Crippen LogP contribution >= 0.6 is 0 Å². The Kier molecular flexibility index (Phi) is 10.6. The Hall–Kier alpha value is -1.92. The van der Waals surface area contributed by atoms with E-state index in [4.69, 9.17) is 4.74 Å². The van der Waals surface area contributed by atoms with E-state index in [1.165, 1.54) is 12.8 Å². The molecule has 0 aromatic heterocycles. The van der Waals surface area contributed by atoms with Crippen LogP contribution in [0.2, 0.25) is 0 Å². The van der Waals surface area contributed by atoms with Gasteiger partial charge in [0.1, 0.15) is 0 Å². The Morgan fingerprint density at radius 2 is 1.82 bits per heavy atom. The van der Waals surface area contributed by atoms with Crippen molar-refractivity contribution in [3.05, 3.63) is 35.9 Å². The van der Waals surface area contributed by atoms with Crippen molar-refractivity contribution in [1.82, 2.24) is 15.1 Å². The van der Waals surface area contributed by atoms with E-state index in [1.54, 1.807) is 0 Å². The van der Waals surface area contributed by atoms with E-state index >= 15 is 0 Å². The van der Waals surface area contributed by atoms with Crippen molar-refractivity contribution < 1.29 is 14.3 Å². The molecule has 1 saturated heterocycles. The highest BCUT2D eigenvalue weighted by Gasteiger charge is 2.17. The van der Waals surface area contributed by atoms with E-state index < -0.39 is 0 Å². The second-order valence-corrected chi connectivity index (χ2v) is 7.33. The van der Waals surface area contributed by atoms with Gasteiger partial charge in [-0.25, -0.2) is 0 Å². The molecule has 0 radical (unpaired) electrons. The van der Waals surface area contributed by atoms with Gasteiger partial charge in [-0.1, -0.05) is 56.5 Å². The molecule has 0 spiro atoms. The zero-order valence-electron chi connectivity index (χ0n) is 17.2. The molecule has 1 N–H and O–H groups in total. The SMILES string of the molecule is CCCCCCN(CCN1CCOCC1)C(=O)CNC(=O)Cc1ccccc1. The molecular formula is C22H35N3O3. The molecule has 1 aliphatic rings. The van der Waals surface area contributed by atoms with Crippen LogP contribution in [0.1, 0.15) is 38.2 Å². The van der Waals surface area contributed by atoms with Crippen LogP contribution < -0.4 is 5.32 Å². The van der Waals surface area contributed by atoms with Crippen LogP contribution in [0.4, 0.5) is 0 Å². The van der Waals surface area contributed by atoms with E-state index in [0.29, 0.717) is 13.0 Å². The first-order valence-electron chi connectivity index (χ1n) is 10.6. The molecule has 156 valence electrons. The van der Waals surface area contributed by atoms with Crippen molar-refractivity contribution in [3.63, 3.8) is 0 Å². The third-order valence-electron chi connectivity index (χ3n) is 5.07. The number of hydrogen-bond donors (Lipinski definition) is 1. The van der Waals surface area contributed by atoms with E-state index in [0.717, 1.165) is 57.8 Å². The first kappa shape index (κ1) is 22.4. The standard InChI is InChI=1S/C22H35N3O3/c1-2-3-4-8-11-25(13-12-24-14-16-28-17-15-24)22(27)19-23-21(26)18-20-9-6-5-7-10-20/h5-7,9-10H,2-4,8,11-19H2,1H3,(H,23,26). The van der Waals surface area contributed by atoms with Gasteiger partial charge in [0.2, 0.25) is 11.8 Å². The van der Waals surface area contributed by atoms with Gasteiger partial charge in [-0.2, -0.15) is 0 Å². The van der Waals surface area contributed by atoms with Crippen LogP contribution in [0.25, 0.3) is 0 Å². The Balaban J connectivity index is 1.77. The Morgan fingerprint density at radius 1 is 1.07 bits per heavy atom. The van der Waals surface area contributed by atoms with Crippen LogP contribution in [0.15, 0.2) is 30.3 Å². The number of benzene rings is 1. The lowest BCUT2D eigenvalue weighted by Crippen LogP contribution is -2.46. The zero-order valence-corrected chi connectivity index (χ0v) is 17.2. The molecule has 0 aliphatic carbocycles. The molecule has 6 heteroatoms. The average molecular weight is 390 g/mol. The summed E-state index contributed by atoms with van der Waals surface area (Å²) < 4.78 is 5.39. The van der Waals surface area contributed by atoms with Gasteiger partial charge in [0.25, 0.3) is 0 Å². The topological polar surface area (TPSA) is 61.9 Å². The number of morpholine rings is 1. The molecule has 0 unspecified atom stereocenters. The van der Waals surface area contributed by atoms with E-state index in [1.807, 2.05) is 35.2 Å². The molecule has 0 atom stereocenters. The molecule has 6 nitrogen and oxygen atoms in total. The van der Waals surface area contributed by atoms with Crippen molar-refractivity contribution in [2.75, 3.05) is 52.5 Å². The second kappa shape index (κ2) is 13.3. The molecule has 1 heterocycles. The van der Waals surface area contributed by atoms with Gasteiger partial charge >= 0.3 is 0 Å². The fourth-order valence-corrected chi connectivity index (χ4v) is 3.31. The number of rotatable bonds is 12. The van der Waals surface area contributed by atoms with Gasteiger partial charge in [-0.15, -0.1) is 0 Å². The molecule has 0 saturated carbocycles. The smallest absolute Gasteiger partial charge is 0.242 e. The second-order valence-electron chi connectivity index (χ2n) is 7.33. The van der Waals surface area contributed by atoms with E-state index in [-0.39, 0.29) is 18.4 Å². The van der Waals surface area contributed by atoms with Gasteiger partial charge < -0.3 is 15.0 Å². The van der Waals surface area contributed by atoms with Crippen molar-refractivity contribution in [3.8, 4) is 0 Å². The summed E-state index contributed by atoms with van der Waals surface area (Å²) in [7, 11) is 0. The summed E-state index contributed by atoms with van der Waals surface area (Å²) >= 11 is 0. The maximum atomic E-state index is 12.7. The van der Waals surface area contributed by atoms with Crippen molar-refractivity contribution in [1.29, 1.82) is 0 Å². The highest BCUT2D eigenvalue weighted by molar-refractivity contribution is 5.85. The minimum Gasteiger partial charge on any atom is -0.379 e. The normalized spacial score (nSPS) is 14.6. The van der Waals surface area contributed by atoms with Crippen LogP contribution in [0.5, 0.6) is 0 Å². The quantitative estimate of drug-likeness (QED) is 0.556. The Bertz CT molecular complexity index is 574. The Morgan fingerprint density at radius 3 is 2.54 bits per heavy atom. The van der Waals surface area contributed by atoms with Crippen molar-refractivity contribution in [2.24, 2.45) is 0 Å². The Labute approximate surface area is 169 Å². The molecule has 0 bridgehead atoms. The maximum absolute atomic E-state index is 12.7. The fraction of sp³-hybridized carbons (Fsp3) is 0.636. The van der Waals surface area contributed by atoms with Crippen LogP contribution in [-0.2, 0) is 20.7 Å². The third-order valence-corrected chi connectivity index (χ3v) is 5.07. The molecular weight excluding hydrogens is 354 g/mol. The first-order chi connectivity index (χ1) is 13.7. The van der Waals surface area contributed by atoms with Gasteiger partial charge in [0.15, 0.2) is 0 Å². The highest BCUT2D eigenvalue weighted by Crippen LogP contribution is 2.04. The number of unbranched alkanes of at least 4 members (excludes halogenated alkanes) is 3. The minimum atomic E-state index is -0.112. The number of nitrogens with one attached hydrogen (secondary N) is 1. The fourth-order valence-electron chi connectivity index (χ4n) is 3.31. The maximum Gasteiger partial charge on any atom is 0.242 e. The molecule has 1 aromatic carbocycles. The average Bonchev–Trinajstić information content (AvgIpc) is 2.73. The molecule has 2 rings (SSSR count). The van der Waals surface area contributed by atoms with Gasteiger partial charge in [-0.3, -0.25) is 14.5 Å². The summed E-state index contributed by atoms with van der Waals surface area (Å²) in [6.45, 7) is 7.96. The van der Waals surface area contributed by atoms with Gasteiger partial charge in [-0.05, 0) is 12.0 Å².